The molecule has 0 aromatic carbocycles. The zero-order valence-corrected chi connectivity index (χ0v) is 18.9. The van der Waals surface area contributed by atoms with Crippen LogP contribution in [0.1, 0.15) is 54.9 Å². The number of hydrogen-bond acceptors (Lipinski definition) is 2. The molecule has 0 aromatic rings. The van der Waals surface area contributed by atoms with E-state index in [1.165, 1.54) is 11.1 Å². The second kappa shape index (κ2) is 10.3. The number of aliphatic hydroxyl groups is 1. The van der Waals surface area contributed by atoms with Crippen LogP contribution in [-0.4, -0.2) is 26.1 Å². The Balaban J connectivity index is 5.63. The van der Waals surface area contributed by atoms with E-state index in [9.17, 15) is 5.11 Å². The van der Waals surface area contributed by atoms with Crippen molar-refractivity contribution in [3.8, 4) is 0 Å². The van der Waals surface area contributed by atoms with Crippen molar-refractivity contribution < 1.29 is 9.53 Å². The lowest BCUT2D eigenvalue weighted by Crippen LogP contribution is -2.45. The van der Waals surface area contributed by atoms with E-state index in [0.29, 0.717) is 6.42 Å². The van der Waals surface area contributed by atoms with Crippen LogP contribution in [0.25, 0.3) is 0 Å². The molecule has 0 aromatic heterocycles. The Hall–Kier alpha value is -0.903. The Morgan fingerprint density at radius 2 is 1.68 bits per heavy atom. The summed E-state index contributed by atoms with van der Waals surface area (Å²) >= 11 is 0. The van der Waals surface area contributed by atoms with Crippen molar-refractivity contribution in [1.29, 1.82) is 0 Å². The summed E-state index contributed by atoms with van der Waals surface area (Å²) in [6.45, 7) is 23.8. The first-order chi connectivity index (χ1) is 11.3. The van der Waals surface area contributed by atoms with E-state index in [0.717, 1.165) is 5.57 Å². The second-order valence-corrected chi connectivity index (χ2v) is 13.4. The Kier molecular flexibility index (Phi) is 9.92. The van der Waals surface area contributed by atoms with Crippen LogP contribution < -0.4 is 0 Å². The van der Waals surface area contributed by atoms with Gasteiger partial charge in [-0.25, -0.2) is 0 Å². The quantitative estimate of drug-likeness (QED) is 0.290. The Bertz CT molecular complexity index is 519. The molecule has 3 heteroatoms. The van der Waals surface area contributed by atoms with E-state index in [1.807, 2.05) is 6.08 Å². The molecule has 0 saturated heterocycles. The highest BCUT2D eigenvalue weighted by Gasteiger charge is 2.39. The fraction of sp³-hybridized carbons (Fsp3) is 0.636. The average Bonchev–Trinajstić information content (AvgIpc) is 2.44. The van der Waals surface area contributed by atoms with Gasteiger partial charge in [0.05, 0.1) is 6.10 Å². The predicted molar refractivity (Wildman–Crippen MR) is 114 cm³/mol. The molecule has 0 radical (unpaired) electrons. The highest BCUT2D eigenvalue weighted by molar-refractivity contribution is 6.74. The average molecular weight is 365 g/mol. The maximum Gasteiger partial charge on any atom is 0.192 e. The molecular formula is C22H40O2Si. The molecule has 1 N–H and O–H groups in total. The molecule has 0 fully saturated rings. The molecular weight excluding hydrogens is 324 g/mol. The molecule has 0 spiro atoms. The van der Waals surface area contributed by atoms with Gasteiger partial charge in [-0.1, -0.05) is 75.3 Å². The lowest BCUT2D eigenvalue weighted by molar-refractivity contribution is 0.188. The summed E-state index contributed by atoms with van der Waals surface area (Å²) < 4.78 is 6.71. The van der Waals surface area contributed by atoms with Gasteiger partial charge in [-0.2, -0.15) is 0 Å². The van der Waals surface area contributed by atoms with Crippen molar-refractivity contribution in [2.45, 2.75) is 79.1 Å². The van der Waals surface area contributed by atoms with Gasteiger partial charge in [-0.15, -0.1) is 0 Å². The Labute approximate surface area is 157 Å². The van der Waals surface area contributed by atoms with Crippen LogP contribution in [0.5, 0.6) is 0 Å². The van der Waals surface area contributed by atoms with Crippen LogP contribution >= 0.6 is 0 Å². The maximum atomic E-state index is 9.22. The zero-order valence-electron chi connectivity index (χ0n) is 17.9. The molecule has 0 heterocycles. The molecule has 0 bridgehead atoms. The molecule has 25 heavy (non-hydrogen) atoms. The molecule has 0 saturated carbocycles. The highest BCUT2D eigenvalue weighted by atomic mass is 28.4. The lowest BCUT2D eigenvalue weighted by Gasteiger charge is -2.40. The fourth-order valence-electron chi connectivity index (χ4n) is 2.33. The number of rotatable bonds is 9. The summed E-state index contributed by atoms with van der Waals surface area (Å²) in [4.78, 5) is 0. The zero-order chi connectivity index (χ0) is 19.8. The van der Waals surface area contributed by atoms with E-state index >= 15 is 0 Å². The van der Waals surface area contributed by atoms with E-state index in [4.69, 9.17) is 4.43 Å². The minimum atomic E-state index is -1.88. The van der Waals surface area contributed by atoms with Gasteiger partial charge in [0.1, 0.15) is 0 Å². The van der Waals surface area contributed by atoms with Crippen molar-refractivity contribution in [3.05, 3.63) is 47.6 Å². The molecule has 2 atom stereocenters. The first kappa shape index (κ1) is 24.1. The van der Waals surface area contributed by atoms with Gasteiger partial charge in [-0.3, -0.25) is 0 Å². The third kappa shape index (κ3) is 8.84. The molecule has 0 aliphatic heterocycles. The minimum absolute atomic E-state index is 0.0276. The summed E-state index contributed by atoms with van der Waals surface area (Å²) in [5.41, 5.74) is 3.57. The second-order valence-electron chi connectivity index (χ2n) is 8.69. The van der Waals surface area contributed by atoms with E-state index in [1.54, 1.807) is 0 Å². The van der Waals surface area contributed by atoms with Crippen LogP contribution in [-0.2, 0) is 4.43 Å². The normalized spacial score (nSPS) is 17.4. The molecule has 0 unspecified atom stereocenters. The van der Waals surface area contributed by atoms with Crippen molar-refractivity contribution in [3.63, 3.8) is 0 Å². The summed E-state index contributed by atoms with van der Waals surface area (Å²) in [6.07, 6.45) is 9.22. The largest absolute Gasteiger partial charge is 0.410 e. The molecule has 0 aliphatic rings. The molecule has 2 nitrogen and oxygen atoms in total. The van der Waals surface area contributed by atoms with Gasteiger partial charge in [0.2, 0.25) is 0 Å². The van der Waals surface area contributed by atoms with Crippen molar-refractivity contribution in [2.75, 3.05) is 6.61 Å². The van der Waals surface area contributed by atoms with Gasteiger partial charge in [0.25, 0.3) is 0 Å². The van der Waals surface area contributed by atoms with Gasteiger partial charge in [-0.05, 0) is 45.3 Å². The van der Waals surface area contributed by atoms with E-state index in [-0.39, 0.29) is 23.7 Å². The van der Waals surface area contributed by atoms with Crippen molar-refractivity contribution >= 4 is 8.32 Å². The van der Waals surface area contributed by atoms with Gasteiger partial charge < -0.3 is 9.53 Å². The maximum absolute atomic E-state index is 9.22. The Morgan fingerprint density at radius 1 is 1.12 bits per heavy atom. The first-order valence-corrected chi connectivity index (χ1v) is 12.2. The van der Waals surface area contributed by atoms with Crippen molar-refractivity contribution in [1.82, 2.24) is 0 Å². The monoisotopic (exact) mass is 364 g/mol. The Morgan fingerprint density at radius 3 is 2.12 bits per heavy atom. The predicted octanol–water partition coefficient (Wildman–Crippen LogP) is 6.42. The van der Waals surface area contributed by atoms with E-state index in [2.05, 4.69) is 86.4 Å². The summed E-state index contributed by atoms with van der Waals surface area (Å²) in [6, 6.07) is 0. The third-order valence-electron chi connectivity index (χ3n) is 5.01. The van der Waals surface area contributed by atoms with E-state index < -0.39 is 8.32 Å². The molecule has 144 valence electrons. The van der Waals surface area contributed by atoms with Crippen LogP contribution in [0, 0.1) is 5.92 Å². The highest BCUT2D eigenvalue weighted by Crippen LogP contribution is 2.38. The smallest absolute Gasteiger partial charge is 0.192 e. The summed E-state index contributed by atoms with van der Waals surface area (Å²) in [5, 5.41) is 9.39. The van der Waals surface area contributed by atoms with Crippen molar-refractivity contribution in [2.24, 2.45) is 5.92 Å². The standard InChI is InChI=1S/C22H40O2Si/c1-11-17(2)14-19(4)15-20(5)21(16-18(3)12-13-23)24-25(9,10)22(6,7)8/h11,14-16,20-21,23H,1,12-13H2,2-10H3/b17-14-,18-16+,19-15-/t20-,21+/m0/s1. The summed E-state index contributed by atoms with van der Waals surface area (Å²) in [5.74, 6) is 0.261. The van der Waals surface area contributed by atoms with Gasteiger partial charge >= 0.3 is 0 Å². The topological polar surface area (TPSA) is 29.5 Å². The number of aliphatic hydroxyl groups excluding tert-OH is 1. The molecule has 0 rings (SSSR count). The van der Waals surface area contributed by atoms with Gasteiger partial charge in [0, 0.05) is 12.5 Å². The lowest BCUT2D eigenvalue weighted by atomic mass is 9.98. The van der Waals surface area contributed by atoms with Crippen LogP contribution in [0.3, 0.4) is 0 Å². The summed E-state index contributed by atoms with van der Waals surface area (Å²) in [7, 11) is -1.88. The fourth-order valence-corrected chi connectivity index (χ4v) is 3.64. The third-order valence-corrected chi connectivity index (χ3v) is 9.49. The van der Waals surface area contributed by atoms with Crippen LogP contribution in [0.15, 0.2) is 47.6 Å². The van der Waals surface area contributed by atoms with Crippen LogP contribution in [0.4, 0.5) is 0 Å². The number of allylic oxidation sites excluding steroid dienone is 4. The SMILES string of the molecule is C=C/C(C)=C\C(C)=C/[C@H](C)[C@@H](/C=C(\C)CCO)O[Si](C)(C)C(C)(C)C. The molecule has 0 amide bonds. The van der Waals surface area contributed by atoms with Gasteiger partial charge in [0.15, 0.2) is 8.32 Å². The number of hydrogen-bond donors (Lipinski definition) is 1. The molecule has 0 aliphatic carbocycles. The first-order valence-electron chi connectivity index (χ1n) is 9.29. The van der Waals surface area contributed by atoms with Crippen LogP contribution in [0.2, 0.25) is 18.1 Å². The minimum Gasteiger partial charge on any atom is -0.410 e.